The molecule has 0 radical (unpaired) electrons. The number of amides is 1. The molecular weight excluding hydrogens is 300 g/mol. The Morgan fingerprint density at radius 2 is 2.09 bits per heavy atom. The van der Waals surface area contributed by atoms with E-state index in [2.05, 4.69) is 5.32 Å². The smallest absolute Gasteiger partial charge is 0.326 e. The molecule has 118 valence electrons. The molecule has 22 heavy (non-hydrogen) atoms. The largest absolute Gasteiger partial charge is 0.480 e. The highest BCUT2D eigenvalue weighted by Crippen LogP contribution is 2.13. The first kappa shape index (κ1) is 16.3. The van der Waals surface area contributed by atoms with Gasteiger partial charge in [-0.25, -0.2) is 4.79 Å². The van der Waals surface area contributed by atoms with Gasteiger partial charge in [-0.2, -0.15) is 0 Å². The SMILES string of the molecule is CC(C)C[C@@H](NC(=O)c1cccn1Cc1cccs1)C(=O)O. The third kappa shape index (κ3) is 4.21. The highest BCUT2D eigenvalue weighted by Gasteiger charge is 2.23. The summed E-state index contributed by atoms with van der Waals surface area (Å²) in [5, 5.41) is 13.8. The van der Waals surface area contributed by atoms with Crippen molar-refractivity contribution in [1.29, 1.82) is 0 Å². The summed E-state index contributed by atoms with van der Waals surface area (Å²) in [7, 11) is 0. The van der Waals surface area contributed by atoms with E-state index in [9.17, 15) is 14.7 Å². The van der Waals surface area contributed by atoms with Gasteiger partial charge in [-0.05, 0) is 35.9 Å². The summed E-state index contributed by atoms with van der Waals surface area (Å²) in [5.41, 5.74) is 0.475. The molecule has 1 atom stereocenters. The van der Waals surface area contributed by atoms with E-state index < -0.39 is 12.0 Å². The maximum absolute atomic E-state index is 12.4. The van der Waals surface area contributed by atoms with E-state index in [1.165, 1.54) is 0 Å². The molecule has 6 heteroatoms. The molecule has 0 aromatic carbocycles. The molecular formula is C16H20N2O3S. The molecule has 0 unspecified atom stereocenters. The van der Waals surface area contributed by atoms with Crippen molar-refractivity contribution in [2.24, 2.45) is 5.92 Å². The van der Waals surface area contributed by atoms with E-state index in [1.807, 2.05) is 42.1 Å². The molecule has 0 aliphatic heterocycles. The zero-order chi connectivity index (χ0) is 16.1. The number of carbonyl (C=O) groups excluding carboxylic acids is 1. The highest BCUT2D eigenvalue weighted by molar-refractivity contribution is 7.09. The lowest BCUT2D eigenvalue weighted by molar-refractivity contribution is -0.139. The molecule has 0 aliphatic carbocycles. The van der Waals surface area contributed by atoms with Crippen molar-refractivity contribution in [3.63, 3.8) is 0 Å². The van der Waals surface area contributed by atoms with Crippen LogP contribution in [0.4, 0.5) is 0 Å². The number of carbonyl (C=O) groups is 2. The number of nitrogens with zero attached hydrogens (tertiary/aromatic N) is 1. The molecule has 0 saturated heterocycles. The summed E-state index contributed by atoms with van der Waals surface area (Å²) in [4.78, 5) is 24.8. The Hall–Kier alpha value is -2.08. The summed E-state index contributed by atoms with van der Waals surface area (Å²) in [6.07, 6.45) is 2.24. The minimum absolute atomic E-state index is 0.194. The zero-order valence-corrected chi connectivity index (χ0v) is 13.5. The summed E-state index contributed by atoms with van der Waals surface area (Å²) >= 11 is 1.62. The third-order valence-electron chi connectivity index (χ3n) is 3.28. The molecule has 0 fully saturated rings. The van der Waals surface area contributed by atoms with Crippen molar-refractivity contribution in [1.82, 2.24) is 9.88 Å². The van der Waals surface area contributed by atoms with E-state index in [0.717, 1.165) is 4.88 Å². The van der Waals surface area contributed by atoms with Crippen molar-refractivity contribution in [3.05, 3.63) is 46.4 Å². The number of carboxylic acid groups (broad SMARTS) is 1. The second-order valence-corrected chi connectivity index (χ2v) is 6.63. The number of aliphatic carboxylic acids is 1. The summed E-state index contributed by atoms with van der Waals surface area (Å²) < 4.78 is 1.83. The van der Waals surface area contributed by atoms with Crippen molar-refractivity contribution in [2.45, 2.75) is 32.9 Å². The predicted octanol–water partition coefficient (Wildman–Crippen LogP) is 2.83. The van der Waals surface area contributed by atoms with Gasteiger partial charge in [0.25, 0.3) is 5.91 Å². The van der Waals surface area contributed by atoms with Crippen LogP contribution in [0.15, 0.2) is 35.8 Å². The quantitative estimate of drug-likeness (QED) is 0.824. The van der Waals surface area contributed by atoms with Crippen LogP contribution in [0.3, 0.4) is 0 Å². The van der Waals surface area contributed by atoms with Crippen molar-refractivity contribution in [3.8, 4) is 0 Å². The number of carboxylic acids is 1. The van der Waals surface area contributed by atoms with Gasteiger partial charge < -0.3 is 15.0 Å². The number of aromatic nitrogens is 1. The van der Waals surface area contributed by atoms with Gasteiger partial charge in [-0.15, -0.1) is 11.3 Å². The molecule has 2 rings (SSSR count). The molecule has 0 saturated carbocycles. The Morgan fingerprint density at radius 1 is 1.32 bits per heavy atom. The fourth-order valence-electron chi connectivity index (χ4n) is 2.25. The lowest BCUT2D eigenvalue weighted by Crippen LogP contribution is -2.42. The first-order chi connectivity index (χ1) is 10.5. The average Bonchev–Trinajstić information content (AvgIpc) is 3.09. The fraction of sp³-hybridized carbons (Fsp3) is 0.375. The normalized spacial score (nSPS) is 12.3. The Morgan fingerprint density at radius 3 is 2.68 bits per heavy atom. The molecule has 1 amide bonds. The van der Waals surface area contributed by atoms with Crippen LogP contribution < -0.4 is 5.32 Å². The van der Waals surface area contributed by atoms with Crippen LogP contribution in [-0.4, -0.2) is 27.6 Å². The van der Waals surface area contributed by atoms with Crippen LogP contribution in [-0.2, 0) is 11.3 Å². The van der Waals surface area contributed by atoms with Gasteiger partial charge in [0.05, 0.1) is 6.54 Å². The lowest BCUT2D eigenvalue weighted by Gasteiger charge is -2.17. The molecule has 2 N–H and O–H groups in total. The van der Waals surface area contributed by atoms with Crippen LogP contribution >= 0.6 is 11.3 Å². The van der Waals surface area contributed by atoms with Gasteiger partial charge in [0, 0.05) is 11.1 Å². The summed E-state index contributed by atoms with van der Waals surface area (Å²) in [6.45, 7) is 4.47. The van der Waals surface area contributed by atoms with Crippen molar-refractivity contribution < 1.29 is 14.7 Å². The van der Waals surface area contributed by atoms with Crippen LogP contribution in [0.1, 0.15) is 35.6 Å². The van der Waals surface area contributed by atoms with Crippen LogP contribution in [0.5, 0.6) is 0 Å². The lowest BCUT2D eigenvalue weighted by atomic mass is 10.0. The van der Waals surface area contributed by atoms with Crippen LogP contribution in [0.2, 0.25) is 0 Å². The predicted molar refractivity (Wildman–Crippen MR) is 86.2 cm³/mol. The van der Waals surface area contributed by atoms with E-state index >= 15 is 0 Å². The Bertz CT molecular complexity index is 632. The van der Waals surface area contributed by atoms with Gasteiger partial charge in [0.2, 0.25) is 0 Å². The minimum Gasteiger partial charge on any atom is -0.480 e. The van der Waals surface area contributed by atoms with Gasteiger partial charge >= 0.3 is 5.97 Å². The van der Waals surface area contributed by atoms with Gasteiger partial charge in [0.15, 0.2) is 0 Å². The third-order valence-corrected chi connectivity index (χ3v) is 4.14. The second kappa shape index (κ2) is 7.26. The molecule has 0 bridgehead atoms. The molecule has 0 spiro atoms. The van der Waals surface area contributed by atoms with Crippen LogP contribution in [0.25, 0.3) is 0 Å². The first-order valence-corrected chi connectivity index (χ1v) is 8.06. The fourth-order valence-corrected chi connectivity index (χ4v) is 2.96. The summed E-state index contributed by atoms with van der Waals surface area (Å²) in [5.74, 6) is -1.16. The minimum atomic E-state index is -1.00. The molecule has 0 aliphatic rings. The molecule has 2 aromatic rings. The molecule has 2 heterocycles. The zero-order valence-electron chi connectivity index (χ0n) is 12.7. The Kier molecular flexibility index (Phi) is 5.38. The number of hydrogen-bond acceptors (Lipinski definition) is 3. The van der Waals surface area contributed by atoms with E-state index in [-0.39, 0.29) is 11.8 Å². The van der Waals surface area contributed by atoms with E-state index in [1.54, 1.807) is 23.5 Å². The number of thiophene rings is 1. The topological polar surface area (TPSA) is 71.3 Å². The second-order valence-electron chi connectivity index (χ2n) is 5.59. The van der Waals surface area contributed by atoms with Gasteiger partial charge in [-0.3, -0.25) is 4.79 Å². The number of nitrogens with one attached hydrogen (secondary N) is 1. The average molecular weight is 320 g/mol. The van der Waals surface area contributed by atoms with Gasteiger partial charge in [-0.1, -0.05) is 19.9 Å². The van der Waals surface area contributed by atoms with Crippen molar-refractivity contribution in [2.75, 3.05) is 0 Å². The Labute approximate surface area is 133 Å². The Balaban J connectivity index is 2.09. The van der Waals surface area contributed by atoms with Gasteiger partial charge in [0.1, 0.15) is 11.7 Å². The highest BCUT2D eigenvalue weighted by atomic mass is 32.1. The maximum Gasteiger partial charge on any atom is 0.326 e. The summed E-state index contributed by atoms with van der Waals surface area (Å²) in [6, 6.07) is 6.60. The molecule has 2 aromatic heterocycles. The maximum atomic E-state index is 12.4. The van der Waals surface area contributed by atoms with E-state index in [4.69, 9.17) is 0 Å². The van der Waals surface area contributed by atoms with E-state index in [0.29, 0.717) is 18.7 Å². The van der Waals surface area contributed by atoms with Crippen LogP contribution in [0, 0.1) is 5.92 Å². The van der Waals surface area contributed by atoms with Crippen molar-refractivity contribution >= 4 is 23.2 Å². The number of hydrogen-bond donors (Lipinski definition) is 2. The number of rotatable bonds is 7. The first-order valence-electron chi connectivity index (χ1n) is 7.18. The monoisotopic (exact) mass is 320 g/mol. The standard InChI is InChI=1S/C16H20N2O3S/c1-11(2)9-13(16(20)21)17-15(19)14-6-3-7-18(14)10-12-5-4-8-22-12/h3-8,11,13H,9-10H2,1-2H3,(H,17,19)(H,20,21)/t13-/m1/s1. The molecule has 5 nitrogen and oxygen atoms in total.